The highest BCUT2D eigenvalue weighted by Gasteiger charge is 2.29. The Kier molecular flexibility index (Phi) is 5.65. The zero-order chi connectivity index (χ0) is 17.0. The molecule has 1 saturated heterocycles. The maximum Gasteiger partial charge on any atom is 0.410 e. The van der Waals surface area contributed by atoms with Crippen molar-refractivity contribution in [3.05, 3.63) is 35.4 Å². The van der Waals surface area contributed by atoms with E-state index >= 15 is 0 Å². The zero-order valence-corrected chi connectivity index (χ0v) is 14.5. The number of benzene rings is 1. The van der Waals surface area contributed by atoms with Gasteiger partial charge in [-0.15, -0.1) is 0 Å². The van der Waals surface area contributed by atoms with Crippen molar-refractivity contribution in [1.29, 1.82) is 0 Å². The lowest BCUT2D eigenvalue weighted by Crippen LogP contribution is -2.39. The van der Waals surface area contributed by atoms with Gasteiger partial charge in [0.25, 0.3) is 0 Å². The third-order valence-corrected chi connectivity index (χ3v) is 3.99. The Hall–Kier alpha value is -1.59. The lowest BCUT2D eigenvalue weighted by atomic mass is 10.0. The number of ether oxygens (including phenoxy) is 1. The van der Waals surface area contributed by atoms with Crippen LogP contribution >= 0.6 is 0 Å². The molecule has 23 heavy (non-hydrogen) atoms. The van der Waals surface area contributed by atoms with Gasteiger partial charge in [-0.25, -0.2) is 4.79 Å². The molecule has 0 aromatic heterocycles. The first-order valence-electron chi connectivity index (χ1n) is 8.21. The molecule has 0 saturated carbocycles. The second kappa shape index (κ2) is 7.32. The van der Waals surface area contributed by atoms with E-state index in [1.54, 1.807) is 4.90 Å². The summed E-state index contributed by atoms with van der Waals surface area (Å²) in [6, 6.07) is 8.04. The van der Waals surface area contributed by atoms with Crippen LogP contribution in [0.3, 0.4) is 0 Å². The lowest BCUT2D eigenvalue weighted by Gasteiger charge is -2.24. The smallest absolute Gasteiger partial charge is 0.410 e. The highest BCUT2D eigenvalue weighted by atomic mass is 16.6. The quantitative estimate of drug-likeness (QED) is 0.895. The van der Waals surface area contributed by atoms with Crippen molar-refractivity contribution in [3.8, 4) is 0 Å². The number of hydrogen-bond donors (Lipinski definition) is 2. The van der Waals surface area contributed by atoms with Crippen molar-refractivity contribution in [2.45, 2.75) is 51.9 Å². The Morgan fingerprint density at radius 3 is 2.78 bits per heavy atom. The average molecular weight is 320 g/mol. The Morgan fingerprint density at radius 1 is 1.43 bits per heavy atom. The van der Waals surface area contributed by atoms with Crippen LogP contribution < -0.4 is 5.32 Å². The standard InChI is InChI=1S/C18H28N2O3/c1-13-7-5-6-8-15(13)16(21)11-19-14-9-10-20(12-14)17(22)23-18(2,3)4/h5-8,14,16,19,21H,9-12H2,1-4H3/t14-,16+/m0/s1. The first kappa shape index (κ1) is 17.8. The molecule has 0 aliphatic carbocycles. The molecule has 1 fully saturated rings. The molecule has 0 radical (unpaired) electrons. The lowest BCUT2D eigenvalue weighted by molar-refractivity contribution is 0.0290. The van der Waals surface area contributed by atoms with Crippen molar-refractivity contribution < 1.29 is 14.6 Å². The van der Waals surface area contributed by atoms with E-state index in [9.17, 15) is 9.90 Å². The fourth-order valence-corrected chi connectivity index (χ4v) is 2.77. The van der Waals surface area contributed by atoms with Crippen molar-refractivity contribution >= 4 is 6.09 Å². The molecule has 0 unspecified atom stereocenters. The molecule has 2 atom stereocenters. The largest absolute Gasteiger partial charge is 0.444 e. The van der Waals surface area contributed by atoms with Gasteiger partial charge in [0.05, 0.1) is 6.10 Å². The van der Waals surface area contributed by atoms with Gasteiger partial charge in [-0.1, -0.05) is 24.3 Å². The van der Waals surface area contributed by atoms with Crippen LogP contribution in [0.1, 0.15) is 44.4 Å². The number of aryl methyl sites for hydroxylation is 1. The van der Waals surface area contributed by atoms with Crippen LogP contribution in [0.4, 0.5) is 4.79 Å². The minimum absolute atomic E-state index is 0.196. The number of rotatable bonds is 4. The molecule has 1 amide bonds. The highest BCUT2D eigenvalue weighted by molar-refractivity contribution is 5.68. The van der Waals surface area contributed by atoms with Crippen molar-refractivity contribution in [2.75, 3.05) is 19.6 Å². The number of hydrogen-bond acceptors (Lipinski definition) is 4. The van der Waals surface area contributed by atoms with Gasteiger partial charge in [0.2, 0.25) is 0 Å². The summed E-state index contributed by atoms with van der Waals surface area (Å²) in [6.45, 7) is 9.40. The molecule has 1 aliphatic heterocycles. The van der Waals surface area contributed by atoms with E-state index in [0.29, 0.717) is 19.6 Å². The van der Waals surface area contributed by atoms with Gasteiger partial charge >= 0.3 is 6.09 Å². The Bertz CT molecular complexity index is 539. The summed E-state index contributed by atoms with van der Waals surface area (Å²) in [5.41, 5.74) is 1.56. The maximum atomic E-state index is 12.0. The molecule has 5 heteroatoms. The van der Waals surface area contributed by atoms with Gasteiger partial charge in [-0.2, -0.15) is 0 Å². The van der Waals surface area contributed by atoms with Crippen LogP contribution in [0.5, 0.6) is 0 Å². The molecule has 0 spiro atoms. The fourth-order valence-electron chi connectivity index (χ4n) is 2.77. The first-order chi connectivity index (χ1) is 10.8. The van der Waals surface area contributed by atoms with Gasteiger partial charge in [0, 0.05) is 25.7 Å². The van der Waals surface area contributed by atoms with Crippen molar-refractivity contribution in [1.82, 2.24) is 10.2 Å². The molecule has 128 valence electrons. The van der Waals surface area contributed by atoms with Crippen LogP contribution in [0.2, 0.25) is 0 Å². The average Bonchev–Trinajstić information content (AvgIpc) is 2.92. The minimum Gasteiger partial charge on any atom is -0.444 e. The Labute approximate surface area is 138 Å². The van der Waals surface area contributed by atoms with Gasteiger partial charge in [-0.3, -0.25) is 0 Å². The number of nitrogens with zero attached hydrogens (tertiary/aromatic N) is 1. The number of aliphatic hydroxyl groups is 1. The van der Waals surface area contributed by atoms with E-state index in [-0.39, 0.29) is 12.1 Å². The summed E-state index contributed by atoms with van der Waals surface area (Å²) >= 11 is 0. The normalized spacial score (nSPS) is 19.7. The van der Waals surface area contributed by atoms with Crippen LogP contribution in [-0.2, 0) is 4.74 Å². The van der Waals surface area contributed by atoms with Crippen molar-refractivity contribution in [3.63, 3.8) is 0 Å². The third-order valence-electron chi connectivity index (χ3n) is 3.99. The number of aliphatic hydroxyl groups excluding tert-OH is 1. The summed E-state index contributed by atoms with van der Waals surface area (Å²) < 4.78 is 5.39. The predicted molar refractivity (Wildman–Crippen MR) is 90.4 cm³/mol. The van der Waals surface area contributed by atoms with Gasteiger partial charge in [0.15, 0.2) is 0 Å². The highest BCUT2D eigenvalue weighted by Crippen LogP contribution is 2.18. The molecular weight excluding hydrogens is 292 g/mol. The zero-order valence-electron chi connectivity index (χ0n) is 14.5. The second-order valence-electron chi connectivity index (χ2n) is 7.19. The Morgan fingerprint density at radius 2 is 2.13 bits per heavy atom. The number of likely N-dealkylation sites (tertiary alicyclic amines) is 1. The number of amides is 1. The molecule has 1 aromatic carbocycles. The van der Waals surface area contributed by atoms with E-state index in [0.717, 1.165) is 17.5 Å². The second-order valence-corrected chi connectivity index (χ2v) is 7.19. The third kappa shape index (κ3) is 5.22. The van der Waals surface area contributed by atoms with E-state index in [2.05, 4.69) is 5.32 Å². The maximum absolute atomic E-state index is 12.0. The van der Waals surface area contributed by atoms with Gasteiger partial charge in [0.1, 0.15) is 5.60 Å². The fraction of sp³-hybridized carbons (Fsp3) is 0.611. The first-order valence-corrected chi connectivity index (χ1v) is 8.21. The molecule has 2 N–H and O–H groups in total. The van der Waals surface area contributed by atoms with E-state index in [1.165, 1.54) is 0 Å². The number of carbonyl (C=O) groups is 1. The topological polar surface area (TPSA) is 61.8 Å². The van der Waals surface area contributed by atoms with Crippen LogP contribution in [0.15, 0.2) is 24.3 Å². The summed E-state index contributed by atoms with van der Waals surface area (Å²) in [4.78, 5) is 13.8. The van der Waals surface area contributed by atoms with Crippen molar-refractivity contribution in [2.24, 2.45) is 0 Å². The molecule has 0 bridgehead atoms. The summed E-state index contributed by atoms with van der Waals surface area (Å²) in [7, 11) is 0. The van der Waals surface area contributed by atoms with E-state index in [4.69, 9.17) is 4.74 Å². The monoisotopic (exact) mass is 320 g/mol. The summed E-state index contributed by atoms with van der Waals surface area (Å²) in [5, 5.41) is 13.7. The van der Waals surface area contributed by atoms with Gasteiger partial charge < -0.3 is 20.1 Å². The molecule has 2 rings (SSSR count). The molecular formula is C18H28N2O3. The SMILES string of the molecule is Cc1ccccc1[C@H](O)CN[C@H]1CCN(C(=O)OC(C)(C)C)C1. The van der Waals surface area contributed by atoms with Crippen LogP contribution in [0.25, 0.3) is 0 Å². The molecule has 1 aliphatic rings. The van der Waals surface area contributed by atoms with E-state index < -0.39 is 11.7 Å². The minimum atomic E-state index is -0.535. The predicted octanol–water partition coefficient (Wildman–Crippen LogP) is 2.63. The van der Waals surface area contributed by atoms with Gasteiger partial charge in [-0.05, 0) is 45.2 Å². The summed E-state index contributed by atoms with van der Waals surface area (Å²) in [5.74, 6) is 0. The van der Waals surface area contributed by atoms with Crippen LogP contribution in [-0.4, -0.2) is 47.4 Å². The summed E-state index contributed by atoms with van der Waals surface area (Å²) in [6.07, 6.45) is 0.0766. The molecule has 1 heterocycles. The van der Waals surface area contributed by atoms with E-state index in [1.807, 2.05) is 52.0 Å². The Balaban J connectivity index is 1.80. The number of nitrogens with one attached hydrogen (secondary N) is 1. The molecule has 5 nitrogen and oxygen atoms in total. The molecule has 1 aromatic rings. The van der Waals surface area contributed by atoms with Crippen LogP contribution in [0, 0.1) is 6.92 Å². The number of carbonyl (C=O) groups excluding carboxylic acids is 1.